The Morgan fingerprint density at radius 2 is 2.26 bits per heavy atom. The molecule has 0 aromatic heterocycles. The summed E-state index contributed by atoms with van der Waals surface area (Å²) in [6, 6.07) is 6.12. The van der Waals surface area contributed by atoms with Crippen LogP contribution < -0.4 is 4.74 Å². The van der Waals surface area contributed by atoms with Crippen LogP contribution in [-0.4, -0.2) is 17.7 Å². The molecule has 1 aromatic rings. The number of carboxylic acids is 1. The van der Waals surface area contributed by atoms with Gasteiger partial charge in [-0.2, -0.15) is 14.0 Å². The Morgan fingerprint density at radius 1 is 1.53 bits per heavy atom. The first-order valence-electron chi connectivity index (χ1n) is 5.38. The third kappa shape index (κ3) is 5.17. The van der Waals surface area contributed by atoms with Gasteiger partial charge in [0.25, 0.3) is 0 Å². The van der Waals surface area contributed by atoms with Crippen LogP contribution in [0.1, 0.15) is 17.5 Å². The molecule has 0 saturated heterocycles. The van der Waals surface area contributed by atoms with Crippen molar-refractivity contribution < 1.29 is 23.4 Å². The van der Waals surface area contributed by atoms with Crippen molar-refractivity contribution in [3.63, 3.8) is 0 Å². The van der Waals surface area contributed by atoms with E-state index in [-0.39, 0.29) is 12.2 Å². The van der Waals surface area contributed by atoms with Crippen LogP contribution in [0.5, 0.6) is 5.75 Å². The van der Waals surface area contributed by atoms with Gasteiger partial charge >= 0.3 is 12.6 Å². The summed E-state index contributed by atoms with van der Waals surface area (Å²) in [4.78, 5) is 10.4. The van der Waals surface area contributed by atoms with Crippen LogP contribution in [0.2, 0.25) is 0 Å². The molecule has 0 spiro atoms. The van der Waals surface area contributed by atoms with Crippen LogP contribution in [0.4, 0.5) is 8.78 Å². The van der Waals surface area contributed by atoms with E-state index in [1.807, 2.05) is 6.07 Å². The van der Waals surface area contributed by atoms with E-state index >= 15 is 0 Å². The molecule has 4 nitrogen and oxygen atoms in total. The van der Waals surface area contributed by atoms with Crippen molar-refractivity contribution in [1.82, 2.24) is 0 Å². The molecule has 100 valence electrons. The summed E-state index contributed by atoms with van der Waals surface area (Å²) in [6.07, 6.45) is 2.82. The quantitative estimate of drug-likeness (QED) is 0.804. The number of nitrogens with zero attached hydrogens (tertiary/aromatic N) is 1. The molecule has 0 saturated carbocycles. The Labute approximate surface area is 108 Å². The Morgan fingerprint density at radius 3 is 2.84 bits per heavy atom. The van der Waals surface area contributed by atoms with Gasteiger partial charge in [0, 0.05) is 12.5 Å². The number of hydrogen-bond donors (Lipinski definition) is 1. The molecule has 0 radical (unpaired) electrons. The standard InChI is InChI=1S/C13H11F2NO3/c14-13(15)19-11-5-3-9(4-6-12(17)18)10(8-11)2-1-7-16/h3-6,8,13H,1-2H2,(H,17,18)/b6-4+. The highest BCUT2D eigenvalue weighted by atomic mass is 19.3. The van der Waals surface area contributed by atoms with Crippen LogP contribution in [-0.2, 0) is 11.2 Å². The number of alkyl halides is 2. The highest BCUT2D eigenvalue weighted by Gasteiger charge is 2.07. The van der Waals surface area contributed by atoms with Crippen molar-refractivity contribution in [1.29, 1.82) is 5.26 Å². The van der Waals surface area contributed by atoms with E-state index in [1.54, 1.807) is 0 Å². The first kappa shape index (κ1) is 14.6. The Hall–Kier alpha value is -2.42. The van der Waals surface area contributed by atoms with Crippen LogP contribution >= 0.6 is 0 Å². The molecule has 0 heterocycles. The van der Waals surface area contributed by atoms with Crippen LogP contribution in [0.15, 0.2) is 24.3 Å². The van der Waals surface area contributed by atoms with Gasteiger partial charge in [-0.1, -0.05) is 6.07 Å². The number of aliphatic carboxylic acids is 1. The van der Waals surface area contributed by atoms with Crippen LogP contribution in [0, 0.1) is 11.3 Å². The summed E-state index contributed by atoms with van der Waals surface area (Å²) in [5.74, 6) is -1.13. The molecule has 1 N–H and O–H groups in total. The maximum atomic E-state index is 12.1. The molecule has 0 aliphatic carbocycles. The van der Waals surface area contributed by atoms with Crippen molar-refractivity contribution in [2.24, 2.45) is 0 Å². The average Bonchev–Trinajstić information content (AvgIpc) is 2.34. The minimum atomic E-state index is -2.93. The minimum absolute atomic E-state index is 0.0181. The Kier molecular flexibility index (Phi) is 5.48. The maximum Gasteiger partial charge on any atom is 0.387 e. The third-order valence-corrected chi connectivity index (χ3v) is 2.25. The second kappa shape index (κ2) is 7.11. The lowest BCUT2D eigenvalue weighted by Gasteiger charge is -2.09. The van der Waals surface area contributed by atoms with Gasteiger partial charge in [0.2, 0.25) is 0 Å². The highest BCUT2D eigenvalue weighted by Crippen LogP contribution is 2.22. The predicted molar refractivity (Wildman–Crippen MR) is 63.7 cm³/mol. The van der Waals surface area contributed by atoms with E-state index in [2.05, 4.69) is 4.74 Å². The van der Waals surface area contributed by atoms with Crippen LogP contribution in [0.3, 0.4) is 0 Å². The van der Waals surface area contributed by atoms with Crippen molar-refractivity contribution in [2.75, 3.05) is 0 Å². The van der Waals surface area contributed by atoms with Gasteiger partial charge in [0.1, 0.15) is 5.75 Å². The largest absolute Gasteiger partial charge is 0.478 e. The number of aryl methyl sites for hydroxylation is 1. The molecule has 1 rings (SSSR count). The first-order valence-corrected chi connectivity index (χ1v) is 5.38. The van der Waals surface area contributed by atoms with Gasteiger partial charge < -0.3 is 9.84 Å². The summed E-state index contributed by atoms with van der Waals surface area (Å²) in [5.41, 5.74) is 1.14. The lowest BCUT2D eigenvalue weighted by Crippen LogP contribution is -2.03. The molecule has 6 heteroatoms. The van der Waals surface area contributed by atoms with E-state index in [4.69, 9.17) is 10.4 Å². The molecule has 0 atom stereocenters. The number of benzene rings is 1. The molecule has 0 aliphatic heterocycles. The normalized spacial score (nSPS) is 10.6. The van der Waals surface area contributed by atoms with Crippen molar-refractivity contribution in [3.05, 3.63) is 35.4 Å². The number of hydrogen-bond acceptors (Lipinski definition) is 3. The van der Waals surface area contributed by atoms with Gasteiger partial charge in [0.15, 0.2) is 0 Å². The monoisotopic (exact) mass is 267 g/mol. The number of halogens is 2. The summed E-state index contributed by atoms with van der Waals surface area (Å²) in [5, 5.41) is 17.1. The van der Waals surface area contributed by atoms with Crippen LogP contribution in [0.25, 0.3) is 6.08 Å². The molecule has 1 aromatic carbocycles. The molecule has 19 heavy (non-hydrogen) atoms. The van der Waals surface area contributed by atoms with Crippen molar-refractivity contribution in [3.8, 4) is 11.8 Å². The number of carboxylic acid groups (broad SMARTS) is 1. The van der Waals surface area contributed by atoms with Gasteiger partial charge in [-0.15, -0.1) is 0 Å². The minimum Gasteiger partial charge on any atom is -0.478 e. The SMILES string of the molecule is N#CCCc1cc(OC(F)F)ccc1/C=C/C(=O)O. The fraction of sp³-hybridized carbons (Fsp3) is 0.231. The highest BCUT2D eigenvalue weighted by molar-refractivity contribution is 5.85. The zero-order valence-electron chi connectivity index (χ0n) is 9.85. The number of carbonyl (C=O) groups is 1. The van der Waals surface area contributed by atoms with Crippen molar-refractivity contribution >= 4 is 12.0 Å². The fourth-order valence-electron chi connectivity index (χ4n) is 1.49. The molecular weight excluding hydrogens is 256 g/mol. The summed E-state index contributed by atoms with van der Waals surface area (Å²) in [7, 11) is 0. The van der Waals surface area contributed by atoms with Gasteiger partial charge in [0.05, 0.1) is 6.07 Å². The van der Waals surface area contributed by atoms with Gasteiger partial charge in [-0.25, -0.2) is 4.79 Å². The predicted octanol–water partition coefficient (Wildman–Crippen LogP) is 2.84. The summed E-state index contributed by atoms with van der Waals surface area (Å²) in [6.45, 7) is -2.93. The zero-order chi connectivity index (χ0) is 14.3. The molecule has 0 bridgehead atoms. The van der Waals surface area contributed by atoms with E-state index < -0.39 is 12.6 Å². The second-order valence-electron chi connectivity index (χ2n) is 3.57. The summed E-state index contributed by atoms with van der Waals surface area (Å²) >= 11 is 0. The number of nitriles is 1. The van der Waals surface area contributed by atoms with E-state index in [0.717, 1.165) is 6.08 Å². The van der Waals surface area contributed by atoms with E-state index in [0.29, 0.717) is 17.5 Å². The molecule has 0 aliphatic rings. The molecule has 0 amide bonds. The van der Waals surface area contributed by atoms with E-state index in [1.165, 1.54) is 24.3 Å². The summed E-state index contributed by atoms with van der Waals surface area (Å²) < 4.78 is 28.4. The Balaban J connectivity index is 3.02. The smallest absolute Gasteiger partial charge is 0.387 e. The van der Waals surface area contributed by atoms with E-state index in [9.17, 15) is 13.6 Å². The topological polar surface area (TPSA) is 70.3 Å². The first-order chi connectivity index (χ1) is 9.02. The van der Waals surface area contributed by atoms with Gasteiger partial charge in [-0.05, 0) is 35.8 Å². The number of ether oxygens (including phenoxy) is 1. The lowest BCUT2D eigenvalue weighted by molar-refractivity contribution is -0.131. The average molecular weight is 267 g/mol. The maximum absolute atomic E-state index is 12.1. The molecule has 0 fully saturated rings. The van der Waals surface area contributed by atoms with Crippen molar-refractivity contribution in [2.45, 2.75) is 19.5 Å². The Bertz CT molecular complexity index is 521. The third-order valence-electron chi connectivity index (χ3n) is 2.25. The molecular formula is C13H11F2NO3. The molecule has 0 unspecified atom stereocenters. The van der Waals surface area contributed by atoms with Gasteiger partial charge in [-0.3, -0.25) is 0 Å². The lowest BCUT2D eigenvalue weighted by atomic mass is 10.0. The number of rotatable bonds is 6. The fourth-order valence-corrected chi connectivity index (χ4v) is 1.49. The zero-order valence-corrected chi connectivity index (χ0v) is 9.85. The second-order valence-corrected chi connectivity index (χ2v) is 3.57.